The number of allylic oxidation sites excluding steroid dienone is 1. The molecule has 1 amide bonds. The van der Waals surface area contributed by atoms with Crippen LogP contribution in [-0.2, 0) is 11.0 Å². The summed E-state index contributed by atoms with van der Waals surface area (Å²) in [7, 11) is 1.61. The molecule has 3 aromatic rings. The molecule has 0 aromatic heterocycles. The molecule has 0 unspecified atom stereocenters. The topological polar surface area (TPSA) is 47.6 Å². The summed E-state index contributed by atoms with van der Waals surface area (Å²) in [4.78, 5) is 12.9. The Balaban J connectivity index is 1.67. The first-order valence-corrected chi connectivity index (χ1v) is 12.1. The van der Waals surface area contributed by atoms with Crippen molar-refractivity contribution in [3.05, 3.63) is 101 Å². The number of methoxy groups -OCH3 is 1. The molecule has 0 aliphatic carbocycles. The van der Waals surface area contributed by atoms with Crippen molar-refractivity contribution in [3.63, 3.8) is 0 Å². The molecular weight excluding hydrogens is 479 g/mol. The van der Waals surface area contributed by atoms with Gasteiger partial charge in [0.15, 0.2) is 0 Å². The summed E-state index contributed by atoms with van der Waals surface area (Å²) in [6, 6.07) is 19.8. The third-order valence-electron chi connectivity index (χ3n) is 6.07. The number of amides is 1. The molecule has 37 heavy (non-hydrogen) atoms. The normalized spacial score (nSPS) is 12.0. The van der Waals surface area contributed by atoms with Crippen LogP contribution in [0.4, 0.5) is 13.2 Å². The molecule has 3 rings (SSSR count). The highest BCUT2D eigenvalue weighted by atomic mass is 19.4. The Hall–Kier alpha value is -3.74. The number of benzene rings is 3. The Morgan fingerprint density at radius 1 is 0.946 bits per heavy atom. The lowest BCUT2D eigenvalue weighted by molar-refractivity contribution is -0.137. The molecule has 0 aliphatic rings. The fourth-order valence-electron chi connectivity index (χ4n) is 4.01. The summed E-state index contributed by atoms with van der Waals surface area (Å²) in [6.07, 6.45) is -4.19. The molecule has 196 valence electrons. The second-order valence-electron chi connectivity index (χ2n) is 9.01. The van der Waals surface area contributed by atoms with E-state index in [1.165, 1.54) is 12.1 Å². The van der Waals surface area contributed by atoms with Gasteiger partial charge >= 0.3 is 6.18 Å². The molecule has 1 N–H and O–H groups in total. The van der Waals surface area contributed by atoms with E-state index in [0.717, 1.165) is 45.7 Å². The van der Waals surface area contributed by atoms with Gasteiger partial charge in [-0.05, 0) is 79.4 Å². The fraction of sp³-hybridized carbons (Fsp3) is 0.300. The Morgan fingerprint density at radius 2 is 1.59 bits per heavy atom. The van der Waals surface area contributed by atoms with Gasteiger partial charge in [-0.2, -0.15) is 13.2 Å². The zero-order chi connectivity index (χ0) is 27.0. The first kappa shape index (κ1) is 27.8. The van der Waals surface area contributed by atoms with Gasteiger partial charge in [0.2, 0.25) is 5.91 Å². The number of rotatable bonds is 10. The third kappa shape index (κ3) is 7.87. The van der Waals surface area contributed by atoms with Crippen LogP contribution < -0.4 is 14.8 Å². The van der Waals surface area contributed by atoms with Gasteiger partial charge in [-0.3, -0.25) is 4.79 Å². The van der Waals surface area contributed by atoms with Crippen LogP contribution in [0.5, 0.6) is 11.5 Å². The molecule has 7 heteroatoms. The van der Waals surface area contributed by atoms with E-state index >= 15 is 0 Å². The van der Waals surface area contributed by atoms with Crippen LogP contribution in [0.2, 0.25) is 0 Å². The maximum absolute atomic E-state index is 12.9. The highest BCUT2D eigenvalue weighted by Crippen LogP contribution is 2.32. The highest BCUT2D eigenvalue weighted by molar-refractivity contribution is 5.90. The van der Waals surface area contributed by atoms with E-state index in [0.29, 0.717) is 18.7 Å². The Morgan fingerprint density at radius 3 is 2.19 bits per heavy atom. The van der Waals surface area contributed by atoms with Crippen molar-refractivity contribution in [1.29, 1.82) is 0 Å². The molecule has 1 atom stereocenters. The van der Waals surface area contributed by atoms with Gasteiger partial charge in [0.05, 0.1) is 19.1 Å². The minimum atomic E-state index is -4.41. The number of carbonyl (C=O) groups is 1. The van der Waals surface area contributed by atoms with Crippen LogP contribution in [0.3, 0.4) is 0 Å². The molecule has 0 spiro atoms. The van der Waals surface area contributed by atoms with Crippen molar-refractivity contribution < 1.29 is 27.4 Å². The van der Waals surface area contributed by atoms with Crippen LogP contribution in [-0.4, -0.2) is 19.6 Å². The monoisotopic (exact) mass is 511 g/mol. The first-order chi connectivity index (χ1) is 17.6. The van der Waals surface area contributed by atoms with Gasteiger partial charge in [-0.1, -0.05) is 42.0 Å². The van der Waals surface area contributed by atoms with Gasteiger partial charge in [0.1, 0.15) is 17.6 Å². The van der Waals surface area contributed by atoms with Crippen LogP contribution in [0.25, 0.3) is 5.57 Å². The number of nitrogens with one attached hydrogen (secondary N) is 1. The van der Waals surface area contributed by atoms with E-state index in [9.17, 15) is 18.0 Å². The first-order valence-electron chi connectivity index (χ1n) is 12.1. The summed E-state index contributed by atoms with van der Waals surface area (Å²) < 4.78 is 50.1. The standard InChI is InChI=1S/C30H32F3NO3/c1-20(2)26(27-18-25(36-4)13-10-21(27)3)19-29(35)34-17-16-28(22-8-6-5-7-9-22)37-24-14-11-23(12-15-24)30(31,32)33/h5-15,18,28H,16-17,19H2,1-4H3,(H,34,35)/t28-/m1/s1. The second kappa shape index (κ2) is 12.5. The molecule has 0 radical (unpaired) electrons. The predicted octanol–water partition coefficient (Wildman–Crippen LogP) is 7.53. The smallest absolute Gasteiger partial charge is 0.416 e. The fourth-order valence-corrected chi connectivity index (χ4v) is 4.01. The summed E-state index contributed by atoms with van der Waals surface area (Å²) in [5.41, 5.74) is 4.15. The maximum Gasteiger partial charge on any atom is 0.416 e. The SMILES string of the molecule is COc1ccc(C)c(C(CC(=O)NCC[C@@H](Oc2ccc(C(F)(F)F)cc2)c2ccccc2)=C(C)C)c1. The van der Waals surface area contributed by atoms with E-state index < -0.39 is 17.8 Å². The van der Waals surface area contributed by atoms with Gasteiger partial charge < -0.3 is 14.8 Å². The number of hydrogen-bond donors (Lipinski definition) is 1. The molecule has 4 nitrogen and oxygen atoms in total. The van der Waals surface area contributed by atoms with E-state index in [1.54, 1.807) is 7.11 Å². The van der Waals surface area contributed by atoms with E-state index in [4.69, 9.17) is 9.47 Å². The average molecular weight is 512 g/mol. The molecule has 0 aliphatic heterocycles. The van der Waals surface area contributed by atoms with Crippen molar-refractivity contribution in [1.82, 2.24) is 5.32 Å². The van der Waals surface area contributed by atoms with Crippen LogP contribution >= 0.6 is 0 Å². The molecule has 3 aromatic carbocycles. The zero-order valence-electron chi connectivity index (χ0n) is 21.5. The molecule has 0 heterocycles. The summed E-state index contributed by atoms with van der Waals surface area (Å²) in [5.74, 6) is 0.930. The van der Waals surface area contributed by atoms with Gasteiger partial charge in [-0.15, -0.1) is 0 Å². The van der Waals surface area contributed by atoms with Crippen LogP contribution in [0.15, 0.2) is 78.4 Å². The lowest BCUT2D eigenvalue weighted by Crippen LogP contribution is -2.26. The maximum atomic E-state index is 12.9. The van der Waals surface area contributed by atoms with Gasteiger partial charge in [0, 0.05) is 13.0 Å². The number of hydrogen-bond acceptors (Lipinski definition) is 3. The van der Waals surface area contributed by atoms with Crippen molar-refractivity contribution >= 4 is 11.5 Å². The predicted molar refractivity (Wildman–Crippen MR) is 139 cm³/mol. The Kier molecular flexibility index (Phi) is 9.39. The van der Waals surface area contributed by atoms with E-state index in [-0.39, 0.29) is 12.3 Å². The molecule has 0 saturated carbocycles. The summed E-state index contributed by atoms with van der Waals surface area (Å²) in [6.45, 7) is 6.29. The largest absolute Gasteiger partial charge is 0.497 e. The number of ether oxygens (including phenoxy) is 2. The van der Waals surface area contributed by atoms with Crippen molar-refractivity contribution in [2.24, 2.45) is 0 Å². The summed E-state index contributed by atoms with van der Waals surface area (Å²) >= 11 is 0. The number of carbonyl (C=O) groups excluding carboxylic acids is 1. The average Bonchev–Trinajstić information content (AvgIpc) is 2.87. The van der Waals surface area contributed by atoms with Gasteiger partial charge in [-0.25, -0.2) is 0 Å². The zero-order valence-corrected chi connectivity index (χ0v) is 21.5. The minimum Gasteiger partial charge on any atom is -0.497 e. The number of aryl methyl sites for hydroxylation is 1. The number of alkyl halides is 3. The van der Waals surface area contributed by atoms with Crippen molar-refractivity contribution in [2.45, 2.75) is 45.9 Å². The third-order valence-corrected chi connectivity index (χ3v) is 6.07. The second-order valence-corrected chi connectivity index (χ2v) is 9.01. The Bertz CT molecular complexity index is 1220. The van der Waals surface area contributed by atoms with Crippen LogP contribution in [0.1, 0.15) is 55.0 Å². The van der Waals surface area contributed by atoms with E-state index in [1.807, 2.05) is 69.3 Å². The van der Waals surface area contributed by atoms with Crippen molar-refractivity contribution in [3.8, 4) is 11.5 Å². The molecule has 0 bridgehead atoms. The van der Waals surface area contributed by atoms with Crippen LogP contribution in [0, 0.1) is 6.92 Å². The quantitative estimate of drug-likeness (QED) is 0.306. The molecular formula is C30H32F3NO3. The minimum absolute atomic E-state index is 0.125. The number of halogens is 3. The van der Waals surface area contributed by atoms with Gasteiger partial charge in [0.25, 0.3) is 0 Å². The molecule has 0 saturated heterocycles. The molecule has 0 fully saturated rings. The lowest BCUT2D eigenvalue weighted by Gasteiger charge is -2.21. The Labute approximate surface area is 216 Å². The summed E-state index contributed by atoms with van der Waals surface area (Å²) in [5, 5.41) is 2.97. The highest BCUT2D eigenvalue weighted by Gasteiger charge is 2.30. The van der Waals surface area contributed by atoms with E-state index in [2.05, 4.69) is 5.32 Å². The van der Waals surface area contributed by atoms with Crippen molar-refractivity contribution in [2.75, 3.05) is 13.7 Å². The lowest BCUT2D eigenvalue weighted by atomic mass is 9.94.